The Labute approximate surface area is 120 Å². The third kappa shape index (κ3) is 3.16. The van der Waals surface area contributed by atoms with E-state index in [0.29, 0.717) is 6.42 Å². The maximum absolute atomic E-state index is 11.5. The first-order valence-corrected chi connectivity index (χ1v) is 6.56. The van der Waals surface area contributed by atoms with Gasteiger partial charge >= 0.3 is 5.97 Å². The van der Waals surface area contributed by atoms with Crippen LogP contribution in [0.4, 0.5) is 5.82 Å². The van der Waals surface area contributed by atoms with Crippen molar-refractivity contribution >= 4 is 29.3 Å². The normalized spacial score (nSPS) is 21.5. The van der Waals surface area contributed by atoms with Gasteiger partial charge in [0.15, 0.2) is 11.0 Å². The van der Waals surface area contributed by atoms with Crippen LogP contribution in [0.1, 0.15) is 29.6 Å². The number of anilines is 1. The number of nitrogens with two attached hydrogens (primary N) is 1. The first kappa shape index (κ1) is 14.5. The van der Waals surface area contributed by atoms with Crippen LogP contribution >= 0.6 is 11.6 Å². The van der Waals surface area contributed by atoms with Crippen LogP contribution in [0, 0.1) is 5.92 Å². The molecule has 8 heteroatoms. The summed E-state index contributed by atoms with van der Waals surface area (Å²) in [4.78, 5) is 22.8. The lowest BCUT2D eigenvalue weighted by atomic mass is 10.1. The van der Waals surface area contributed by atoms with Crippen molar-refractivity contribution in [2.24, 2.45) is 11.7 Å². The predicted molar refractivity (Wildman–Crippen MR) is 72.3 cm³/mol. The summed E-state index contributed by atoms with van der Waals surface area (Å²) in [6, 6.07) is 1.39. The van der Waals surface area contributed by atoms with Gasteiger partial charge in [-0.2, -0.15) is 0 Å². The second-order valence-corrected chi connectivity index (χ2v) is 5.06. The number of nitrogens with zero attached hydrogens (tertiary/aromatic N) is 2. The molecule has 1 fully saturated rings. The van der Waals surface area contributed by atoms with Crippen molar-refractivity contribution < 1.29 is 14.3 Å². The Balaban J connectivity index is 2.08. The maximum atomic E-state index is 11.5. The van der Waals surface area contributed by atoms with Crippen molar-refractivity contribution in [2.75, 3.05) is 12.4 Å². The number of ether oxygens (including phenoxy) is 1. The van der Waals surface area contributed by atoms with E-state index in [-0.39, 0.29) is 34.5 Å². The largest absolute Gasteiger partial charge is 0.469 e. The Morgan fingerprint density at radius 3 is 2.85 bits per heavy atom. The summed E-state index contributed by atoms with van der Waals surface area (Å²) in [7, 11) is 1.37. The molecule has 108 valence electrons. The van der Waals surface area contributed by atoms with E-state index in [1.54, 1.807) is 0 Å². The van der Waals surface area contributed by atoms with E-state index >= 15 is 0 Å². The number of nitrogens with one attached hydrogen (secondary N) is 1. The van der Waals surface area contributed by atoms with Gasteiger partial charge in [0.05, 0.1) is 18.6 Å². The fourth-order valence-electron chi connectivity index (χ4n) is 2.35. The van der Waals surface area contributed by atoms with Crippen molar-refractivity contribution in [1.29, 1.82) is 0 Å². The van der Waals surface area contributed by atoms with Crippen LogP contribution in [0.25, 0.3) is 0 Å². The zero-order valence-corrected chi connectivity index (χ0v) is 11.7. The Morgan fingerprint density at radius 1 is 1.45 bits per heavy atom. The minimum atomic E-state index is -0.633. The van der Waals surface area contributed by atoms with Crippen LogP contribution in [0.15, 0.2) is 6.07 Å². The molecule has 1 heterocycles. The summed E-state index contributed by atoms with van der Waals surface area (Å²) >= 11 is 5.69. The first-order chi connectivity index (χ1) is 9.51. The summed E-state index contributed by atoms with van der Waals surface area (Å²) in [6.07, 6.45) is 2.13. The number of carbonyl (C=O) groups excluding carboxylic acids is 2. The molecule has 0 bridgehead atoms. The minimum absolute atomic E-state index is 0.0210. The number of rotatable bonds is 4. The average Bonchev–Trinajstić information content (AvgIpc) is 2.88. The molecule has 7 nitrogen and oxygen atoms in total. The molecule has 1 saturated carbocycles. The van der Waals surface area contributed by atoms with Crippen LogP contribution in [0.5, 0.6) is 0 Å². The van der Waals surface area contributed by atoms with Gasteiger partial charge < -0.3 is 15.8 Å². The third-order valence-electron chi connectivity index (χ3n) is 3.34. The number of amides is 1. The summed E-state index contributed by atoms with van der Waals surface area (Å²) in [6.45, 7) is 0. The van der Waals surface area contributed by atoms with Gasteiger partial charge in [-0.25, -0.2) is 0 Å². The summed E-state index contributed by atoms with van der Waals surface area (Å²) in [5.41, 5.74) is 5.46. The second-order valence-electron chi connectivity index (χ2n) is 4.67. The summed E-state index contributed by atoms with van der Waals surface area (Å²) in [5, 5.41) is 10.7. The molecule has 2 atom stereocenters. The minimum Gasteiger partial charge on any atom is -0.469 e. The van der Waals surface area contributed by atoms with E-state index < -0.39 is 5.91 Å². The summed E-state index contributed by atoms with van der Waals surface area (Å²) < 4.78 is 4.72. The number of esters is 1. The third-order valence-corrected chi connectivity index (χ3v) is 3.52. The van der Waals surface area contributed by atoms with Gasteiger partial charge in [-0.1, -0.05) is 11.6 Å². The molecule has 1 aromatic heterocycles. The molecule has 1 aromatic rings. The lowest BCUT2D eigenvalue weighted by Gasteiger charge is -2.14. The van der Waals surface area contributed by atoms with Gasteiger partial charge in [-0.15, -0.1) is 10.2 Å². The molecule has 1 aliphatic rings. The zero-order valence-electron chi connectivity index (χ0n) is 10.9. The fraction of sp³-hybridized carbons (Fsp3) is 0.500. The number of primary amides is 1. The van der Waals surface area contributed by atoms with Crippen LogP contribution in [0.2, 0.25) is 5.15 Å². The highest BCUT2D eigenvalue weighted by molar-refractivity contribution is 6.29. The first-order valence-electron chi connectivity index (χ1n) is 6.18. The standard InChI is InChI=1S/C12H15ClN4O3/c1-20-12(19)6-2-3-7(4-6)15-11-8(10(14)18)5-9(13)16-17-11/h5-7H,2-4H2,1H3,(H2,14,18)(H,15,17)/t6-,7+/m0/s1. The SMILES string of the molecule is COC(=O)[C@H]1CC[C@@H](Nc2nnc(Cl)cc2C(N)=O)C1. The predicted octanol–water partition coefficient (Wildman–Crippen LogP) is 0.983. The molecule has 0 spiro atoms. The monoisotopic (exact) mass is 298 g/mol. The molecular formula is C12H15ClN4O3. The van der Waals surface area contributed by atoms with Crippen molar-refractivity contribution in [3.05, 3.63) is 16.8 Å². The Bertz CT molecular complexity index is 537. The van der Waals surface area contributed by atoms with Crippen molar-refractivity contribution in [3.63, 3.8) is 0 Å². The van der Waals surface area contributed by atoms with Crippen LogP contribution in [-0.2, 0) is 9.53 Å². The van der Waals surface area contributed by atoms with Crippen LogP contribution < -0.4 is 11.1 Å². The van der Waals surface area contributed by atoms with E-state index in [2.05, 4.69) is 15.5 Å². The van der Waals surface area contributed by atoms with Gasteiger partial charge in [0.1, 0.15) is 0 Å². The highest BCUT2D eigenvalue weighted by Gasteiger charge is 2.31. The molecule has 2 rings (SSSR count). The lowest BCUT2D eigenvalue weighted by molar-refractivity contribution is -0.145. The maximum Gasteiger partial charge on any atom is 0.308 e. The topological polar surface area (TPSA) is 107 Å². The highest BCUT2D eigenvalue weighted by atomic mass is 35.5. The molecule has 0 saturated heterocycles. The quantitative estimate of drug-likeness (QED) is 0.802. The fourth-order valence-corrected chi connectivity index (χ4v) is 2.50. The zero-order chi connectivity index (χ0) is 14.7. The smallest absolute Gasteiger partial charge is 0.308 e. The molecular weight excluding hydrogens is 284 g/mol. The van der Waals surface area contributed by atoms with Crippen LogP contribution in [0.3, 0.4) is 0 Å². The van der Waals surface area contributed by atoms with E-state index in [0.717, 1.165) is 12.8 Å². The molecule has 0 radical (unpaired) electrons. The number of halogens is 1. The molecule has 0 unspecified atom stereocenters. The van der Waals surface area contributed by atoms with Gasteiger partial charge in [-0.3, -0.25) is 9.59 Å². The van der Waals surface area contributed by atoms with Crippen molar-refractivity contribution in [1.82, 2.24) is 10.2 Å². The molecule has 1 amide bonds. The second kappa shape index (κ2) is 6.04. The van der Waals surface area contributed by atoms with Crippen molar-refractivity contribution in [2.45, 2.75) is 25.3 Å². The van der Waals surface area contributed by atoms with Crippen molar-refractivity contribution in [3.8, 4) is 0 Å². The Hall–Kier alpha value is -1.89. The number of carbonyl (C=O) groups is 2. The number of aromatic nitrogens is 2. The number of hydrogen-bond donors (Lipinski definition) is 2. The number of methoxy groups -OCH3 is 1. The van der Waals surface area contributed by atoms with E-state index in [1.807, 2.05) is 0 Å². The Morgan fingerprint density at radius 2 is 2.20 bits per heavy atom. The van der Waals surface area contributed by atoms with E-state index in [4.69, 9.17) is 22.1 Å². The number of hydrogen-bond acceptors (Lipinski definition) is 6. The molecule has 1 aliphatic carbocycles. The summed E-state index contributed by atoms with van der Waals surface area (Å²) in [5.74, 6) is -0.689. The van der Waals surface area contributed by atoms with Gasteiger partial charge in [0.25, 0.3) is 5.91 Å². The van der Waals surface area contributed by atoms with Gasteiger partial charge in [-0.05, 0) is 25.3 Å². The van der Waals surface area contributed by atoms with E-state index in [1.165, 1.54) is 13.2 Å². The van der Waals surface area contributed by atoms with Gasteiger partial charge in [0.2, 0.25) is 0 Å². The average molecular weight is 299 g/mol. The van der Waals surface area contributed by atoms with E-state index in [9.17, 15) is 9.59 Å². The molecule has 20 heavy (non-hydrogen) atoms. The molecule has 0 aliphatic heterocycles. The Kier molecular flexibility index (Phi) is 4.39. The van der Waals surface area contributed by atoms with Crippen LogP contribution in [-0.4, -0.2) is 35.2 Å². The highest BCUT2D eigenvalue weighted by Crippen LogP contribution is 2.29. The molecule has 3 N–H and O–H groups in total. The van der Waals surface area contributed by atoms with Gasteiger partial charge in [0, 0.05) is 6.04 Å². The lowest BCUT2D eigenvalue weighted by Crippen LogP contribution is -2.23. The molecule has 0 aromatic carbocycles.